The average molecular weight is 306 g/mol. The number of hydrogen-bond donors (Lipinski definition) is 2. The van der Waals surface area contributed by atoms with E-state index in [1.165, 1.54) is 14.2 Å². The van der Waals surface area contributed by atoms with Crippen LogP contribution in [0.25, 0.3) is 0 Å². The molecule has 0 radical (unpaired) electrons. The van der Waals surface area contributed by atoms with Gasteiger partial charge in [-0.1, -0.05) is 0 Å². The Hall–Kier alpha value is -1.18. The predicted molar refractivity (Wildman–Crippen MR) is 75.3 cm³/mol. The van der Waals surface area contributed by atoms with Crippen LogP contribution in [0.2, 0.25) is 0 Å². The van der Waals surface area contributed by atoms with Crippen LogP contribution < -0.4 is 0 Å². The average Bonchev–Trinajstić information content (AvgIpc) is 2.44. The van der Waals surface area contributed by atoms with Crippen LogP contribution in [0.4, 0.5) is 0 Å². The van der Waals surface area contributed by atoms with Crippen molar-refractivity contribution in [2.75, 3.05) is 40.6 Å². The minimum atomic E-state index is -0.862. The molecule has 0 aliphatic heterocycles. The van der Waals surface area contributed by atoms with Crippen molar-refractivity contribution in [1.29, 1.82) is 0 Å². The monoisotopic (exact) mass is 306 g/mol. The van der Waals surface area contributed by atoms with Crippen molar-refractivity contribution in [3.05, 3.63) is 0 Å². The fourth-order valence-corrected chi connectivity index (χ4v) is 1.86. The second kappa shape index (κ2) is 12.6. The standard InChI is InChI=1S/C14H26O7/c1-19-7-3-11(13(15)16)5-9-21-10-6-12(14(17)18)4-8-20-2/h11-12H,3-10H2,1-2H3,(H,15,16)(H,17,18). The lowest BCUT2D eigenvalue weighted by Gasteiger charge is -2.14. The molecule has 7 nitrogen and oxygen atoms in total. The lowest BCUT2D eigenvalue weighted by atomic mass is 10.0. The minimum Gasteiger partial charge on any atom is -0.481 e. The summed E-state index contributed by atoms with van der Waals surface area (Å²) in [6, 6.07) is 0. The maximum absolute atomic E-state index is 11.0. The zero-order chi connectivity index (χ0) is 16.1. The van der Waals surface area contributed by atoms with Gasteiger partial charge in [0.15, 0.2) is 0 Å². The van der Waals surface area contributed by atoms with Crippen LogP contribution in [-0.4, -0.2) is 62.8 Å². The first-order chi connectivity index (χ1) is 10.0. The minimum absolute atomic E-state index is 0.303. The number of methoxy groups -OCH3 is 2. The highest BCUT2D eigenvalue weighted by molar-refractivity contribution is 5.70. The first-order valence-electron chi connectivity index (χ1n) is 7.04. The van der Waals surface area contributed by atoms with E-state index in [1.807, 2.05) is 0 Å². The van der Waals surface area contributed by atoms with Gasteiger partial charge < -0.3 is 24.4 Å². The molecule has 0 amide bonds. The van der Waals surface area contributed by atoms with Crippen molar-refractivity contribution in [3.8, 4) is 0 Å². The van der Waals surface area contributed by atoms with Crippen LogP contribution in [-0.2, 0) is 23.8 Å². The maximum atomic E-state index is 11.0. The predicted octanol–water partition coefficient (Wildman–Crippen LogP) is 1.26. The molecule has 0 saturated carbocycles. The lowest BCUT2D eigenvalue weighted by Crippen LogP contribution is -2.20. The first-order valence-corrected chi connectivity index (χ1v) is 7.04. The molecule has 0 bridgehead atoms. The van der Waals surface area contributed by atoms with E-state index in [0.717, 1.165) is 0 Å². The van der Waals surface area contributed by atoms with E-state index in [0.29, 0.717) is 52.1 Å². The van der Waals surface area contributed by atoms with Gasteiger partial charge >= 0.3 is 11.9 Å². The molecule has 0 spiro atoms. The fraction of sp³-hybridized carbons (Fsp3) is 0.857. The van der Waals surface area contributed by atoms with Crippen LogP contribution in [0.3, 0.4) is 0 Å². The molecule has 0 aliphatic rings. The number of aliphatic carboxylic acids is 2. The highest BCUT2D eigenvalue weighted by Gasteiger charge is 2.18. The number of carboxylic acids is 2. The SMILES string of the molecule is COCCC(CCOCCC(CCOC)C(=O)O)C(=O)O. The van der Waals surface area contributed by atoms with Crippen molar-refractivity contribution in [1.82, 2.24) is 0 Å². The van der Waals surface area contributed by atoms with Gasteiger partial charge in [0.05, 0.1) is 11.8 Å². The molecule has 124 valence electrons. The molecule has 2 atom stereocenters. The van der Waals surface area contributed by atoms with Gasteiger partial charge in [-0.2, -0.15) is 0 Å². The van der Waals surface area contributed by atoms with Crippen molar-refractivity contribution >= 4 is 11.9 Å². The molecule has 7 heteroatoms. The lowest BCUT2D eigenvalue weighted by molar-refractivity contribution is -0.143. The summed E-state index contributed by atoms with van der Waals surface area (Å²) < 4.78 is 15.1. The van der Waals surface area contributed by atoms with Crippen LogP contribution in [0, 0.1) is 11.8 Å². The van der Waals surface area contributed by atoms with Gasteiger partial charge in [0.25, 0.3) is 0 Å². The molecule has 0 heterocycles. The molecule has 0 fully saturated rings. The van der Waals surface area contributed by atoms with Gasteiger partial charge in [-0.05, 0) is 25.7 Å². The zero-order valence-electron chi connectivity index (χ0n) is 12.7. The normalized spacial score (nSPS) is 13.8. The Labute approximate surface area is 125 Å². The summed E-state index contributed by atoms with van der Waals surface area (Å²) in [5.74, 6) is -2.71. The second-order valence-corrected chi connectivity index (χ2v) is 4.82. The van der Waals surface area contributed by atoms with Crippen LogP contribution in [0.15, 0.2) is 0 Å². The third-order valence-corrected chi connectivity index (χ3v) is 3.26. The van der Waals surface area contributed by atoms with Crippen molar-refractivity contribution in [3.63, 3.8) is 0 Å². The number of carbonyl (C=O) groups is 2. The smallest absolute Gasteiger partial charge is 0.306 e. The summed E-state index contributed by atoms with van der Waals surface area (Å²) >= 11 is 0. The Bertz CT molecular complexity index is 265. The molecule has 0 rings (SSSR count). The fourth-order valence-electron chi connectivity index (χ4n) is 1.86. The molecule has 2 unspecified atom stereocenters. The summed E-state index contributed by atoms with van der Waals surface area (Å²) in [7, 11) is 3.06. The number of ether oxygens (including phenoxy) is 3. The summed E-state index contributed by atoms with van der Waals surface area (Å²) in [4.78, 5) is 22.0. The Morgan fingerprint density at radius 3 is 1.38 bits per heavy atom. The van der Waals surface area contributed by atoms with Crippen LogP contribution in [0.1, 0.15) is 25.7 Å². The number of hydrogen-bond acceptors (Lipinski definition) is 5. The third-order valence-electron chi connectivity index (χ3n) is 3.26. The summed E-state index contributed by atoms with van der Waals surface area (Å²) in [5.41, 5.74) is 0. The van der Waals surface area contributed by atoms with Gasteiger partial charge in [-0.25, -0.2) is 0 Å². The summed E-state index contributed by atoms with van der Waals surface area (Å²) in [6.07, 6.45) is 1.69. The molecule has 0 aromatic carbocycles. The quantitative estimate of drug-likeness (QED) is 0.466. The molecule has 2 N–H and O–H groups in total. The van der Waals surface area contributed by atoms with Gasteiger partial charge in [-0.15, -0.1) is 0 Å². The Balaban J connectivity index is 3.85. The molecule has 0 saturated heterocycles. The molecule has 0 aromatic rings. The summed E-state index contributed by atoms with van der Waals surface area (Å²) in [5, 5.41) is 18.0. The van der Waals surface area contributed by atoms with E-state index in [2.05, 4.69) is 0 Å². The van der Waals surface area contributed by atoms with Crippen molar-refractivity contribution < 1.29 is 34.0 Å². The van der Waals surface area contributed by atoms with E-state index in [9.17, 15) is 9.59 Å². The van der Waals surface area contributed by atoms with Crippen LogP contribution >= 0.6 is 0 Å². The highest BCUT2D eigenvalue weighted by Crippen LogP contribution is 2.12. The number of rotatable bonds is 14. The van der Waals surface area contributed by atoms with E-state index in [1.54, 1.807) is 0 Å². The highest BCUT2D eigenvalue weighted by atomic mass is 16.5. The molecular weight excluding hydrogens is 280 g/mol. The third kappa shape index (κ3) is 10.2. The van der Waals surface area contributed by atoms with Crippen molar-refractivity contribution in [2.24, 2.45) is 11.8 Å². The van der Waals surface area contributed by atoms with Gasteiger partial charge in [-0.3, -0.25) is 9.59 Å². The topological polar surface area (TPSA) is 102 Å². The van der Waals surface area contributed by atoms with E-state index in [-0.39, 0.29) is 0 Å². The zero-order valence-corrected chi connectivity index (χ0v) is 12.7. The Morgan fingerprint density at radius 2 is 1.10 bits per heavy atom. The van der Waals surface area contributed by atoms with E-state index < -0.39 is 23.8 Å². The maximum Gasteiger partial charge on any atom is 0.306 e. The summed E-state index contributed by atoms with van der Waals surface area (Å²) in [6.45, 7) is 1.40. The second-order valence-electron chi connectivity index (χ2n) is 4.82. The number of carboxylic acid groups (broad SMARTS) is 2. The van der Waals surface area contributed by atoms with Crippen LogP contribution in [0.5, 0.6) is 0 Å². The largest absolute Gasteiger partial charge is 0.481 e. The van der Waals surface area contributed by atoms with E-state index in [4.69, 9.17) is 24.4 Å². The first kappa shape index (κ1) is 19.8. The van der Waals surface area contributed by atoms with Gasteiger partial charge in [0.2, 0.25) is 0 Å². The molecule has 0 aromatic heterocycles. The Kier molecular flexibility index (Phi) is 11.8. The van der Waals surface area contributed by atoms with Gasteiger partial charge in [0.1, 0.15) is 0 Å². The van der Waals surface area contributed by atoms with Crippen molar-refractivity contribution in [2.45, 2.75) is 25.7 Å². The van der Waals surface area contributed by atoms with Gasteiger partial charge in [0, 0.05) is 40.6 Å². The molecule has 0 aliphatic carbocycles. The Morgan fingerprint density at radius 1 is 0.762 bits per heavy atom. The molecular formula is C14H26O7. The molecule has 21 heavy (non-hydrogen) atoms. The van der Waals surface area contributed by atoms with E-state index >= 15 is 0 Å².